The van der Waals surface area contributed by atoms with E-state index in [2.05, 4.69) is 10.3 Å². The van der Waals surface area contributed by atoms with Crippen LogP contribution in [0.4, 0.5) is 33.3 Å². The minimum atomic E-state index is -1.44. The molecule has 1 fully saturated rings. The second-order valence-corrected chi connectivity index (χ2v) is 8.36. The first-order valence-corrected chi connectivity index (χ1v) is 10.6. The monoisotopic (exact) mass is 476 g/mol. The predicted octanol–water partition coefficient (Wildman–Crippen LogP) is 4.87. The van der Waals surface area contributed by atoms with E-state index >= 15 is 4.39 Å². The van der Waals surface area contributed by atoms with Crippen molar-refractivity contribution in [1.82, 2.24) is 4.98 Å². The Kier molecular flexibility index (Phi) is 6.52. The molecule has 178 valence electrons. The van der Waals surface area contributed by atoms with Gasteiger partial charge in [-0.2, -0.15) is 4.39 Å². The molecular formula is C24H21F5N4O. The van der Waals surface area contributed by atoms with Gasteiger partial charge in [0.05, 0.1) is 34.3 Å². The Morgan fingerprint density at radius 1 is 1.03 bits per heavy atom. The summed E-state index contributed by atoms with van der Waals surface area (Å²) in [6.45, 7) is 2.93. The summed E-state index contributed by atoms with van der Waals surface area (Å²) >= 11 is 0. The third-order valence-corrected chi connectivity index (χ3v) is 5.68. The van der Waals surface area contributed by atoms with E-state index in [-0.39, 0.29) is 17.6 Å². The molecule has 1 saturated heterocycles. The number of nitrogens with one attached hydrogen (secondary N) is 1. The molecule has 0 unspecified atom stereocenters. The molecule has 2 atom stereocenters. The molecule has 1 aliphatic rings. The maximum Gasteiger partial charge on any atom is 0.258 e. The summed E-state index contributed by atoms with van der Waals surface area (Å²) in [6, 6.07) is 5.32. The molecule has 0 spiro atoms. The quantitative estimate of drug-likeness (QED) is 0.417. The van der Waals surface area contributed by atoms with Crippen molar-refractivity contribution in [1.29, 1.82) is 0 Å². The number of carbonyl (C=O) groups is 1. The van der Waals surface area contributed by atoms with Crippen LogP contribution < -0.4 is 16.0 Å². The third-order valence-electron chi connectivity index (χ3n) is 5.68. The molecular weight excluding hydrogens is 455 g/mol. The lowest BCUT2D eigenvalue weighted by Gasteiger charge is -2.37. The van der Waals surface area contributed by atoms with Crippen molar-refractivity contribution in [2.45, 2.75) is 19.4 Å². The van der Waals surface area contributed by atoms with Gasteiger partial charge in [-0.15, -0.1) is 0 Å². The van der Waals surface area contributed by atoms with Gasteiger partial charge in [0.15, 0.2) is 0 Å². The van der Waals surface area contributed by atoms with Gasteiger partial charge in [-0.05, 0) is 36.6 Å². The number of rotatable bonds is 4. The average Bonchev–Trinajstić information content (AvgIpc) is 2.76. The molecule has 34 heavy (non-hydrogen) atoms. The molecule has 0 bridgehead atoms. The standard InChI is InChI=1S/C24H21F5N4O/c1-12-7-13(30)11-33(10-12)19-8-20(28)31-9-18(19)32-24(34)14-5-6-17(27)22(23(14)29)21-15(25)3-2-4-16(21)26/h2-6,8-9,12-13H,7,10-11,30H2,1H3,(H,32,34)/t12-,13+/m1/s1. The van der Waals surface area contributed by atoms with E-state index < -0.39 is 51.8 Å². The number of aromatic nitrogens is 1. The summed E-state index contributed by atoms with van der Waals surface area (Å²) in [7, 11) is 0. The van der Waals surface area contributed by atoms with Gasteiger partial charge in [0.1, 0.15) is 23.3 Å². The normalized spacial score (nSPS) is 18.1. The highest BCUT2D eigenvalue weighted by molar-refractivity contribution is 6.06. The molecule has 0 aliphatic carbocycles. The van der Waals surface area contributed by atoms with Crippen molar-refractivity contribution in [3.63, 3.8) is 0 Å². The van der Waals surface area contributed by atoms with Crippen LogP contribution in [-0.2, 0) is 0 Å². The first kappa shape index (κ1) is 23.6. The Morgan fingerprint density at radius 3 is 2.38 bits per heavy atom. The van der Waals surface area contributed by atoms with Crippen LogP contribution in [0.2, 0.25) is 0 Å². The SMILES string of the molecule is C[C@@H]1C[C@H](N)CN(c2cc(F)ncc2NC(=O)c2ccc(F)c(-c3c(F)cccc3F)c2F)C1. The van der Waals surface area contributed by atoms with Crippen LogP contribution in [-0.4, -0.2) is 30.0 Å². The lowest BCUT2D eigenvalue weighted by atomic mass is 9.96. The van der Waals surface area contributed by atoms with Crippen LogP contribution in [0.1, 0.15) is 23.7 Å². The Balaban J connectivity index is 1.71. The number of carbonyl (C=O) groups excluding carboxylic acids is 1. The Bertz CT molecular complexity index is 1220. The number of pyridine rings is 1. The van der Waals surface area contributed by atoms with Gasteiger partial charge in [-0.25, -0.2) is 22.5 Å². The maximum absolute atomic E-state index is 15.2. The van der Waals surface area contributed by atoms with Crippen molar-refractivity contribution in [2.75, 3.05) is 23.3 Å². The second kappa shape index (κ2) is 9.38. The fourth-order valence-corrected chi connectivity index (χ4v) is 4.26. The zero-order valence-corrected chi connectivity index (χ0v) is 18.1. The zero-order chi connectivity index (χ0) is 24.6. The maximum atomic E-state index is 15.2. The fraction of sp³-hybridized carbons (Fsp3) is 0.250. The predicted molar refractivity (Wildman–Crippen MR) is 118 cm³/mol. The molecule has 10 heteroatoms. The van der Waals surface area contributed by atoms with E-state index in [1.165, 1.54) is 0 Å². The molecule has 1 amide bonds. The van der Waals surface area contributed by atoms with Crippen LogP contribution in [0.25, 0.3) is 11.1 Å². The van der Waals surface area contributed by atoms with Crippen LogP contribution in [0.5, 0.6) is 0 Å². The van der Waals surface area contributed by atoms with Crippen LogP contribution in [0.15, 0.2) is 42.6 Å². The lowest BCUT2D eigenvalue weighted by molar-refractivity contribution is 0.102. The number of halogens is 5. The van der Waals surface area contributed by atoms with Gasteiger partial charge in [0, 0.05) is 25.2 Å². The van der Waals surface area contributed by atoms with E-state index in [0.717, 1.165) is 49.0 Å². The molecule has 0 saturated carbocycles. The second-order valence-electron chi connectivity index (χ2n) is 8.36. The lowest BCUT2D eigenvalue weighted by Crippen LogP contribution is -2.46. The number of nitrogens with zero attached hydrogens (tertiary/aromatic N) is 2. The minimum absolute atomic E-state index is 0.0787. The van der Waals surface area contributed by atoms with Crippen molar-refractivity contribution >= 4 is 17.3 Å². The average molecular weight is 476 g/mol. The minimum Gasteiger partial charge on any atom is -0.368 e. The highest BCUT2D eigenvalue weighted by atomic mass is 19.1. The number of hydrogen-bond donors (Lipinski definition) is 2. The van der Waals surface area contributed by atoms with Gasteiger partial charge in [-0.1, -0.05) is 13.0 Å². The molecule has 3 N–H and O–H groups in total. The molecule has 2 heterocycles. The number of amides is 1. The van der Waals surface area contributed by atoms with Gasteiger partial charge in [0.25, 0.3) is 5.91 Å². The van der Waals surface area contributed by atoms with Crippen molar-refractivity contribution in [3.05, 3.63) is 77.4 Å². The fourth-order valence-electron chi connectivity index (χ4n) is 4.26. The number of benzene rings is 2. The van der Waals surface area contributed by atoms with Gasteiger partial charge in [0.2, 0.25) is 5.95 Å². The smallest absolute Gasteiger partial charge is 0.258 e. The summed E-state index contributed by atoms with van der Waals surface area (Å²) in [5.41, 5.74) is 3.87. The summed E-state index contributed by atoms with van der Waals surface area (Å²) in [6.07, 6.45) is 1.86. The van der Waals surface area contributed by atoms with Crippen LogP contribution in [0.3, 0.4) is 0 Å². The number of anilines is 2. The molecule has 1 aliphatic heterocycles. The summed E-state index contributed by atoms with van der Waals surface area (Å²) in [5, 5.41) is 2.45. The van der Waals surface area contributed by atoms with Crippen LogP contribution >= 0.6 is 0 Å². The molecule has 5 nitrogen and oxygen atoms in total. The molecule has 4 rings (SSSR count). The Morgan fingerprint density at radius 2 is 1.71 bits per heavy atom. The first-order valence-electron chi connectivity index (χ1n) is 10.6. The number of piperidine rings is 1. The van der Waals surface area contributed by atoms with E-state index in [0.29, 0.717) is 18.8 Å². The highest BCUT2D eigenvalue weighted by Crippen LogP contribution is 2.34. The summed E-state index contributed by atoms with van der Waals surface area (Å²) in [4.78, 5) is 18.3. The summed E-state index contributed by atoms with van der Waals surface area (Å²) in [5.74, 6) is -6.65. The zero-order valence-electron chi connectivity index (χ0n) is 18.1. The van der Waals surface area contributed by atoms with E-state index in [1.54, 1.807) is 4.90 Å². The number of hydrogen-bond acceptors (Lipinski definition) is 4. The van der Waals surface area contributed by atoms with Gasteiger partial charge in [-0.3, -0.25) is 4.79 Å². The topological polar surface area (TPSA) is 71.2 Å². The van der Waals surface area contributed by atoms with E-state index in [9.17, 15) is 22.4 Å². The first-order chi connectivity index (χ1) is 16.2. The van der Waals surface area contributed by atoms with E-state index in [4.69, 9.17) is 5.73 Å². The van der Waals surface area contributed by atoms with Crippen LogP contribution in [0, 0.1) is 35.1 Å². The molecule has 1 aromatic heterocycles. The third kappa shape index (κ3) is 4.58. The summed E-state index contributed by atoms with van der Waals surface area (Å²) < 4.78 is 72.0. The molecule has 3 aromatic rings. The van der Waals surface area contributed by atoms with Crippen molar-refractivity contribution < 1.29 is 26.7 Å². The van der Waals surface area contributed by atoms with Gasteiger partial charge >= 0.3 is 0 Å². The van der Waals surface area contributed by atoms with Crippen molar-refractivity contribution in [3.8, 4) is 11.1 Å². The van der Waals surface area contributed by atoms with Crippen molar-refractivity contribution in [2.24, 2.45) is 11.7 Å². The highest BCUT2D eigenvalue weighted by Gasteiger charge is 2.27. The Hall–Kier alpha value is -3.53. The Labute approximate surface area is 192 Å². The van der Waals surface area contributed by atoms with Gasteiger partial charge < -0.3 is 16.0 Å². The molecule has 0 radical (unpaired) electrons. The largest absolute Gasteiger partial charge is 0.368 e. The van der Waals surface area contributed by atoms with E-state index in [1.807, 2.05) is 6.92 Å². The number of nitrogens with two attached hydrogens (primary N) is 1. The molecule has 2 aromatic carbocycles.